The Kier molecular flexibility index (Phi) is 7.14. The molecule has 6 heteroatoms. The van der Waals surface area contributed by atoms with Crippen molar-refractivity contribution < 1.29 is 13.2 Å². The van der Waals surface area contributed by atoms with E-state index >= 15 is 0 Å². The third-order valence-corrected chi connectivity index (χ3v) is 4.92. The molecule has 1 N–H and O–H groups in total. The van der Waals surface area contributed by atoms with Crippen LogP contribution in [0.1, 0.15) is 33.1 Å². The summed E-state index contributed by atoms with van der Waals surface area (Å²) in [6.45, 7) is 7.24. The summed E-state index contributed by atoms with van der Waals surface area (Å²) in [5, 5.41) is 3.05. The quantitative estimate of drug-likeness (QED) is 0.668. The minimum atomic E-state index is -3.12. The molecule has 0 spiro atoms. The molecule has 0 aromatic heterocycles. The fraction of sp³-hybridized carbons (Fsp3) is 1.00. The monoisotopic (exact) mass is 278 g/mol. The molecule has 1 aliphatic rings. The zero-order valence-electron chi connectivity index (χ0n) is 11.5. The van der Waals surface area contributed by atoms with E-state index in [1.165, 1.54) is 0 Å². The van der Waals surface area contributed by atoms with E-state index in [-0.39, 0.29) is 11.9 Å². The highest BCUT2D eigenvalue weighted by molar-refractivity contribution is 7.89. The Balaban J connectivity index is 2.43. The molecule has 0 aliphatic carbocycles. The van der Waals surface area contributed by atoms with Gasteiger partial charge in [-0.2, -0.15) is 4.31 Å². The van der Waals surface area contributed by atoms with Gasteiger partial charge in [0.1, 0.15) is 0 Å². The maximum Gasteiger partial charge on any atom is 0.215 e. The van der Waals surface area contributed by atoms with E-state index in [9.17, 15) is 8.42 Å². The van der Waals surface area contributed by atoms with Crippen LogP contribution >= 0.6 is 0 Å². The van der Waals surface area contributed by atoms with Gasteiger partial charge in [0.15, 0.2) is 0 Å². The Hall–Kier alpha value is -0.170. The zero-order valence-corrected chi connectivity index (χ0v) is 12.3. The molecule has 0 radical (unpaired) electrons. The lowest BCUT2D eigenvalue weighted by Gasteiger charge is -2.31. The molecule has 0 amide bonds. The zero-order chi connectivity index (χ0) is 13.4. The SMILES string of the molecule is CCCOC1CCCN(S(=O)(=O)CCNCC)C1. The number of hydrogen-bond acceptors (Lipinski definition) is 4. The topological polar surface area (TPSA) is 58.6 Å². The molecule has 0 bridgehead atoms. The Morgan fingerprint density at radius 2 is 2.17 bits per heavy atom. The van der Waals surface area contributed by atoms with Gasteiger partial charge in [-0.3, -0.25) is 0 Å². The summed E-state index contributed by atoms with van der Waals surface area (Å²) in [4.78, 5) is 0. The fourth-order valence-electron chi connectivity index (χ4n) is 2.09. The molecule has 1 rings (SSSR count). The molecule has 1 unspecified atom stereocenters. The average Bonchev–Trinajstić information content (AvgIpc) is 2.37. The van der Waals surface area contributed by atoms with E-state index in [0.717, 1.165) is 32.4 Å². The van der Waals surface area contributed by atoms with Crippen LogP contribution in [0, 0.1) is 0 Å². The second-order valence-electron chi connectivity index (χ2n) is 4.66. The van der Waals surface area contributed by atoms with Crippen LogP contribution in [-0.4, -0.2) is 57.4 Å². The van der Waals surface area contributed by atoms with Crippen LogP contribution in [0.3, 0.4) is 0 Å². The molecule has 0 aromatic carbocycles. The number of hydrogen-bond donors (Lipinski definition) is 1. The first kappa shape index (κ1) is 15.9. The summed E-state index contributed by atoms with van der Waals surface area (Å²) in [5.74, 6) is 0.182. The number of nitrogens with zero attached hydrogens (tertiary/aromatic N) is 1. The van der Waals surface area contributed by atoms with Gasteiger partial charge in [0.25, 0.3) is 0 Å². The van der Waals surface area contributed by atoms with Crippen LogP contribution in [0.2, 0.25) is 0 Å². The van der Waals surface area contributed by atoms with E-state index in [2.05, 4.69) is 12.2 Å². The summed E-state index contributed by atoms with van der Waals surface area (Å²) in [6.07, 6.45) is 2.92. The molecule has 5 nitrogen and oxygen atoms in total. The van der Waals surface area contributed by atoms with Gasteiger partial charge >= 0.3 is 0 Å². The van der Waals surface area contributed by atoms with Crippen molar-refractivity contribution in [2.24, 2.45) is 0 Å². The van der Waals surface area contributed by atoms with E-state index in [1.807, 2.05) is 6.92 Å². The van der Waals surface area contributed by atoms with Gasteiger partial charge in [-0.25, -0.2) is 8.42 Å². The van der Waals surface area contributed by atoms with Gasteiger partial charge in [-0.05, 0) is 25.8 Å². The van der Waals surface area contributed by atoms with E-state index in [1.54, 1.807) is 4.31 Å². The number of nitrogens with one attached hydrogen (secondary N) is 1. The number of sulfonamides is 1. The first-order valence-corrected chi connectivity index (χ1v) is 8.51. The lowest BCUT2D eigenvalue weighted by atomic mass is 10.1. The standard InChI is InChI=1S/C12H26N2O3S/c1-3-9-17-12-6-5-8-14(11-12)18(15,16)10-7-13-4-2/h12-13H,3-11H2,1-2H3. The number of ether oxygens (including phenoxy) is 1. The Bertz CT molecular complexity index is 319. The van der Waals surface area contributed by atoms with Crippen molar-refractivity contribution in [2.75, 3.05) is 38.5 Å². The van der Waals surface area contributed by atoms with E-state index in [0.29, 0.717) is 19.6 Å². The van der Waals surface area contributed by atoms with Crippen LogP contribution in [0.4, 0.5) is 0 Å². The van der Waals surface area contributed by atoms with Crippen LogP contribution in [0.25, 0.3) is 0 Å². The summed E-state index contributed by atoms with van der Waals surface area (Å²) in [5.41, 5.74) is 0. The van der Waals surface area contributed by atoms with Gasteiger partial charge in [-0.1, -0.05) is 13.8 Å². The van der Waals surface area contributed by atoms with Crippen LogP contribution in [0.15, 0.2) is 0 Å². The Morgan fingerprint density at radius 1 is 1.39 bits per heavy atom. The predicted octanol–water partition coefficient (Wildman–Crippen LogP) is 0.817. The van der Waals surface area contributed by atoms with E-state index < -0.39 is 10.0 Å². The first-order chi connectivity index (χ1) is 8.60. The first-order valence-electron chi connectivity index (χ1n) is 6.90. The van der Waals surface area contributed by atoms with Crippen molar-refractivity contribution >= 4 is 10.0 Å². The predicted molar refractivity (Wildman–Crippen MR) is 73.2 cm³/mol. The Labute approximate surface area is 111 Å². The molecule has 18 heavy (non-hydrogen) atoms. The molecule has 0 aromatic rings. The molecule has 1 aliphatic heterocycles. The highest BCUT2D eigenvalue weighted by Crippen LogP contribution is 2.16. The molecule has 108 valence electrons. The van der Waals surface area contributed by atoms with Crippen LogP contribution < -0.4 is 5.32 Å². The van der Waals surface area contributed by atoms with Gasteiger partial charge in [0.2, 0.25) is 10.0 Å². The second-order valence-corrected chi connectivity index (χ2v) is 6.75. The largest absolute Gasteiger partial charge is 0.377 e. The third kappa shape index (κ3) is 5.22. The smallest absolute Gasteiger partial charge is 0.215 e. The minimum Gasteiger partial charge on any atom is -0.377 e. The molecule has 1 atom stereocenters. The van der Waals surface area contributed by atoms with Crippen molar-refractivity contribution in [1.29, 1.82) is 0 Å². The van der Waals surface area contributed by atoms with Gasteiger partial charge < -0.3 is 10.1 Å². The van der Waals surface area contributed by atoms with Gasteiger partial charge in [0, 0.05) is 26.2 Å². The molecule has 1 fully saturated rings. The van der Waals surface area contributed by atoms with Crippen molar-refractivity contribution in [3.63, 3.8) is 0 Å². The van der Waals surface area contributed by atoms with Crippen molar-refractivity contribution in [2.45, 2.75) is 39.2 Å². The summed E-state index contributed by atoms with van der Waals surface area (Å²) in [6, 6.07) is 0. The number of rotatable bonds is 8. The molecular weight excluding hydrogens is 252 g/mol. The number of piperidine rings is 1. The normalized spacial score (nSPS) is 22.2. The Morgan fingerprint density at radius 3 is 2.83 bits per heavy atom. The lowest BCUT2D eigenvalue weighted by molar-refractivity contribution is 0.0193. The van der Waals surface area contributed by atoms with Gasteiger partial charge in [-0.15, -0.1) is 0 Å². The maximum atomic E-state index is 12.1. The average molecular weight is 278 g/mol. The lowest BCUT2D eigenvalue weighted by Crippen LogP contribution is -2.45. The highest BCUT2D eigenvalue weighted by atomic mass is 32.2. The van der Waals surface area contributed by atoms with E-state index in [4.69, 9.17) is 4.74 Å². The molecule has 0 saturated carbocycles. The minimum absolute atomic E-state index is 0.0765. The van der Waals surface area contributed by atoms with Crippen molar-refractivity contribution in [3.8, 4) is 0 Å². The van der Waals surface area contributed by atoms with Gasteiger partial charge in [0.05, 0.1) is 11.9 Å². The maximum absolute atomic E-state index is 12.1. The van der Waals surface area contributed by atoms with Crippen molar-refractivity contribution in [1.82, 2.24) is 9.62 Å². The van der Waals surface area contributed by atoms with Crippen molar-refractivity contribution in [3.05, 3.63) is 0 Å². The van der Waals surface area contributed by atoms with Crippen LogP contribution in [-0.2, 0) is 14.8 Å². The summed E-state index contributed by atoms with van der Waals surface area (Å²) >= 11 is 0. The van der Waals surface area contributed by atoms with Crippen LogP contribution in [0.5, 0.6) is 0 Å². The highest BCUT2D eigenvalue weighted by Gasteiger charge is 2.28. The molecule has 1 saturated heterocycles. The molecule has 1 heterocycles. The summed E-state index contributed by atoms with van der Waals surface area (Å²) < 4.78 is 31.5. The third-order valence-electron chi connectivity index (χ3n) is 3.08. The second kappa shape index (κ2) is 8.09. The molecular formula is C12H26N2O3S. The summed E-state index contributed by atoms with van der Waals surface area (Å²) in [7, 11) is -3.12. The fourth-order valence-corrected chi connectivity index (χ4v) is 3.55.